The van der Waals surface area contributed by atoms with E-state index < -0.39 is 0 Å². The van der Waals surface area contributed by atoms with Crippen LogP contribution in [0.3, 0.4) is 0 Å². The van der Waals surface area contributed by atoms with Crippen LogP contribution in [0.15, 0.2) is 90.1 Å². The predicted octanol–water partition coefficient (Wildman–Crippen LogP) is 4.65. The van der Waals surface area contributed by atoms with E-state index in [9.17, 15) is 4.79 Å². The molecule has 0 aliphatic carbocycles. The number of benzene rings is 3. The van der Waals surface area contributed by atoms with Crippen LogP contribution in [0.2, 0.25) is 0 Å². The molecule has 0 aliphatic rings. The third-order valence-electron chi connectivity index (χ3n) is 4.62. The molecule has 0 saturated heterocycles. The van der Waals surface area contributed by atoms with Crippen molar-refractivity contribution in [2.24, 2.45) is 0 Å². The first-order valence-corrected chi connectivity index (χ1v) is 10.7. The van der Waals surface area contributed by atoms with E-state index in [2.05, 4.69) is 34.6 Å². The van der Waals surface area contributed by atoms with Gasteiger partial charge in [0.1, 0.15) is 0 Å². The summed E-state index contributed by atoms with van der Waals surface area (Å²) in [6.07, 6.45) is 0. The van der Waals surface area contributed by atoms with Crippen molar-refractivity contribution >= 4 is 17.7 Å². The van der Waals surface area contributed by atoms with Gasteiger partial charge < -0.3 is 5.32 Å². The van der Waals surface area contributed by atoms with Crippen molar-refractivity contribution in [2.75, 3.05) is 5.75 Å². The number of aryl methyl sites for hydroxylation is 1. The molecule has 0 bridgehead atoms. The van der Waals surface area contributed by atoms with Gasteiger partial charge in [-0.15, -0.1) is 10.2 Å². The maximum atomic E-state index is 12.4. The van der Waals surface area contributed by atoms with Gasteiger partial charge in [-0.2, -0.15) is 0 Å². The van der Waals surface area contributed by atoms with Crippen LogP contribution < -0.4 is 5.32 Å². The third kappa shape index (κ3) is 4.78. The summed E-state index contributed by atoms with van der Waals surface area (Å²) in [6, 6.07) is 28.0. The Bertz CT molecular complexity index is 1110. The Hall–Kier alpha value is -3.38. The first-order valence-electron chi connectivity index (χ1n) is 9.72. The zero-order valence-electron chi connectivity index (χ0n) is 16.7. The number of nitrogens with zero attached hydrogens (tertiary/aromatic N) is 3. The molecule has 1 aromatic heterocycles. The predicted molar refractivity (Wildman–Crippen MR) is 121 cm³/mol. The maximum Gasteiger partial charge on any atom is 0.230 e. The number of hydrogen-bond acceptors (Lipinski definition) is 4. The molecule has 1 heterocycles. The van der Waals surface area contributed by atoms with Gasteiger partial charge in [0.2, 0.25) is 5.91 Å². The summed E-state index contributed by atoms with van der Waals surface area (Å²) in [5.41, 5.74) is 4.20. The van der Waals surface area contributed by atoms with Crippen LogP contribution in [-0.4, -0.2) is 26.4 Å². The summed E-state index contributed by atoms with van der Waals surface area (Å²) in [5.74, 6) is 0.987. The van der Waals surface area contributed by atoms with Crippen LogP contribution in [0.25, 0.3) is 17.1 Å². The first kappa shape index (κ1) is 19.9. The van der Waals surface area contributed by atoms with Crippen molar-refractivity contribution in [3.63, 3.8) is 0 Å². The second kappa shape index (κ2) is 9.41. The topological polar surface area (TPSA) is 59.8 Å². The van der Waals surface area contributed by atoms with E-state index in [1.807, 2.05) is 77.4 Å². The van der Waals surface area contributed by atoms with Crippen molar-refractivity contribution in [3.05, 3.63) is 96.1 Å². The van der Waals surface area contributed by atoms with Crippen LogP contribution in [0.5, 0.6) is 0 Å². The van der Waals surface area contributed by atoms with Crippen molar-refractivity contribution in [1.82, 2.24) is 20.1 Å². The molecule has 0 saturated carbocycles. The van der Waals surface area contributed by atoms with Crippen LogP contribution in [0, 0.1) is 6.92 Å². The number of amides is 1. The standard InChI is InChI=1S/C24H22N4OS/c1-18-12-14-21(15-13-18)28-23(20-10-6-3-7-11-20)26-27-24(28)30-17-22(29)25-16-19-8-4-2-5-9-19/h2-15H,16-17H2,1H3,(H,25,29). The highest BCUT2D eigenvalue weighted by molar-refractivity contribution is 7.99. The molecule has 1 N–H and O–H groups in total. The van der Waals surface area contributed by atoms with Gasteiger partial charge in [0.05, 0.1) is 5.75 Å². The normalized spacial score (nSPS) is 10.7. The van der Waals surface area contributed by atoms with Crippen LogP contribution in [0.1, 0.15) is 11.1 Å². The highest BCUT2D eigenvalue weighted by Gasteiger charge is 2.17. The molecule has 0 unspecified atom stereocenters. The van der Waals surface area contributed by atoms with Gasteiger partial charge >= 0.3 is 0 Å². The molecule has 0 fully saturated rings. The molecule has 3 aromatic carbocycles. The van der Waals surface area contributed by atoms with E-state index in [1.165, 1.54) is 17.3 Å². The highest BCUT2D eigenvalue weighted by Crippen LogP contribution is 2.28. The lowest BCUT2D eigenvalue weighted by molar-refractivity contribution is -0.118. The molecule has 4 rings (SSSR count). The molecular formula is C24H22N4OS. The molecule has 4 aromatic rings. The van der Waals surface area contributed by atoms with E-state index in [0.717, 1.165) is 22.6 Å². The maximum absolute atomic E-state index is 12.4. The Morgan fingerprint density at radius 3 is 2.27 bits per heavy atom. The number of carbonyl (C=O) groups is 1. The third-order valence-corrected chi connectivity index (χ3v) is 5.55. The molecule has 150 valence electrons. The van der Waals surface area contributed by atoms with E-state index in [0.29, 0.717) is 11.7 Å². The van der Waals surface area contributed by atoms with E-state index in [4.69, 9.17) is 0 Å². The second-order valence-electron chi connectivity index (χ2n) is 6.89. The lowest BCUT2D eigenvalue weighted by Crippen LogP contribution is -2.24. The summed E-state index contributed by atoms with van der Waals surface area (Å²) < 4.78 is 2.00. The lowest BCUT2D eigenvalue weighted by atomic mass is 10.2. The Balaban J connectivity index is 1.53. The minimum Gasteiger partial charge on any atom is -0.351 e. The average molecular weight is 415 g/mol. The molecule has 5 nitrogen and oxygen atoms in total. The Labute approximate surface area is 180 Å². The van der Waals surface area contributed by atoms with Crippen LogP contribution >= 0.6 is 11.8 Å². The number of aromatic nitrogens is 3. The molecule has 0 aliphatic heterocycles. The van der Waals surface area contributed by atoms with E-state index >= 15 is 0 Å². The van der Waals surface area contributed by atoms with Gasteiger partial charge in [0, 0.05) is 17.8 Å². The Kier molecular flexibility index (Phi) is 6.25. The minimum atomic E-state index is -0.0384. The van der Waals surface area contributed by atoms with Gasteiger partial charge in [-0.3, -0.25) is 9.36 Å². The Morgan fingerprint density at radius 2 is 1.57 bits per heavy atom. The fourth-order valence-corrected chi connectivity index (χ4v) is 3.82. The second-order valence-corrected chi connectivity index (χ2v) is 7.84. The number of hydrogen-bond donors (Lipinski definition) is 1. The van der Waals surface area contributed by atoms with Gasteiger partial charge in [-0.1, -0.05) is 90.1 Å². The van der Waals surface area contributed by atoms with Crippen molar-refractivity contribution in [2.45, 2.75) is 18.6 Å². The minimum absolute atomic E-state index is 0.0384. The molecule has 30 heavy (non-hydrogen) atoms. The monoisotopic (exact) mass is 414 g/mol. The van der Waals surface area contributed by atoms with Gasteiger partial charge in [0.25, 0.3) is 0 Å². The summed E-state index contributed by atoms with van der Waals surface area (Å²) in [6.45, 7) is 2.57. The molecule has 0 spiro atoms. The largest absolute Gasteiger partial charge is 0.351 e. The number of nitrogens with one attached hydrogen (secondary N) is 1. The van der Waals surface area contributed by atoms with E-state index in [1.54, 1.807) is 0 Å². The highest BCUT2D eigenvalue weighted by atomic mass is 32.2. The fraction of sp³-hybridized carbons (Fsp3) is 0.125. The van der Waals surface area contributed by atoms with Gasteiger partial charge in [0.15, 0.2) is 11.0 Å². The SMILES string of the molecule is Cc1ccc(-n2c(SCC(=O)NCc3ccccc3)nnc2-c2ccccc2)cc1. The zero-order valence-corrected chi connectivity index (χ0v) is 17.5. The van der Waals surface area contributed by atoms with Crippen molar-refractivity contribution < 1.29 is 4.79 Å². The average Bonchev–Trinajstić information content (AvgIpc) is 3.22. The molecular weight excluding hydrogens is 392 g/mol. The number of carbonyl (C=O) groups excluding carboxylic acids is 1. The van der Waals surface area contributed by atoms with Gasteiger partial charge in [-0.05, 0) is 24.6 Å². The van der Waals surface area contributed by atoms with Crippen molar-refractivity contribution in [1.29, 1.82) is 0 Å². The summed E-state index contributed by atoms with van der Waals surface area (Å²) in [4.78, 5) is 12.4. The van der Waals surface area contributed by atoms with Crippen LogP contribution in [-0.2, 0) is 11.3 Å². The van der Waals surface area contributed by atoms with E-state index in [-0.39, 0.29) is 11.7 Å². The number of thioether (sulfide) groups is 1. The quantitative estimate of drug-likeness (QED) is 0.447. The first-order chi connectivity index (χ1) is 14.7. The summed E-state index contributed by atoms with van der Waals surface area (Å²) in [5, 5.41) is 12.4. The molecule has 0 radical (unpaired) electrons. The fourth-order valence-electron chi connectivity index (χ4n) is 3.04. The summed E-state index contributed by atoms with van der Waals surface area (Å²) in [7, 11) is 0. The summed E-state index contributed by atoms with van der Waals surface area (Å²) >= 11 is 1.38. The van der Waals surface area contributed by atoms with Gasteiger partial charge in [-0.25, -0.2) is 0 Å². The molecule has 1 amide bonds. The van der Waals surface area contributed by atoms with Crippen molar-refractivity contribution in [3.8, 4) is 17.1 Å². The number of rotatable bonds is 7. The zero-order chi connectivity index (χ0) is 20.8. The van der Waals surface area contributed by atoms with Crippen LogP contribution in [0.4, 0.5) is 0 Å². The lowest BCUT2D eigenvalue weighted by Gasteiger charge is -2.11. The molecule has 6 heteroatoms. The smallest absolute Gasteiger partial charge is 0.230 e. The Morgan fingerprint density at radius 1 is 0.900 bits per heavy atom. The molecule has 0 atom stereocenters.